The lowest BCUT2D eigenvalue weighted by Crippen LogP contribution is -2.19. The van der Waals surface area contributed by atoms with Gasteiger partial charge in [-0.2, -0.15) is 0 Å². The van der Waals surface area contributed by atoms with E-state index in [1.807, 2.05) is 6.07 Å². The fourth-order valence-corrected chi connectivity index (χ4v) is 3.97. The maximum atomic E-state index is 11.8. The largest absolute Gasteiger partial charge is 0.228 e. The molecule has 18 heavy (non-hydrogen) atoms. The van der Waals surface area contributed by atoms with Crippen LogP contribution in [0.4, 0.5) is 0 Å². The summed E-state index contributed by atoms with van der Waals surface area (Å²) in [5, 5.41) is -0.296. The van der Waals surface area contributed by atoms with Gasteiger partial charge in [-0.05, 0) is 41.4 Å². The van der Waals surface area contributed by atoms with Gasteiger partial charge in [-0.1, -0.05) is 39.0 Å². The van der Waals surface area contributed by atoms with Crippen molar-refractivity contribution < 1.29 is 8.42 Å². The predicted octanol–water partition coefficient (Wildman–Crippen LogP) is 3.41. The van der Waals surface area contributed by atoms with Gasteiger partial charge in [0.1, 0.15) is 0 Å². The second kappa shape index (κ2) is 4.37. The third kappa shape index (κ3) is 2.61. The number of sulfone groups is 1. The van der Waals surface area contributed by atoms with E-state index in [1.54, 1.807) is 0 Å². The maximum Gasteiger partial charge on any atom is 0.154 e. The molecule has 0 spiro atoms. The van der Waals surface area contributed by atoms with Crippen LogP contribution in [0.2, 0.25) is 0 Å². The van der Waals surface area contributed by atoms with Crippen molar-refractivity contribution in [2.75, 3.05) is 6.26 Å². The molecule has 1 aliphatic carbocycles. The lowest BCUT2D eigenvalue weighted by Gasteiger charge is -2.27. The molecule has 0 saturated carbocycles. The fourth-order valence-electron chi connectivity index (χ4n) is 2.68. The van der Waals surface area contributed by atoms with Gasteiger partial charge in [0.2, 0.25) is 0 Å². The highest BCUT2D eigenvalue weighted by atomic mass is 32.2. The average Bonchev–Trinajstić information content (AvgIpc) is 2.25. The maximum absolute atomic E-state index is 11.8. The van der Waals surface area contributed by atoms with E-state index in [0.29, 0.717) is 0 Å². The smallest absolute Gasteiger partial charge is 0.154 e. The molecule has 2 nitrogen and oxygen atoms in total. The van der Waals surface area contributed by atoms with Crippen molar-refractivity contribution in [1.29, 1.82) is 0 Å². The average molecular weight is 266 g/mol. The Morgan fingerprint density at radius 3 is 2.44 bits per heavy atom. The summed E-state index contributed by atoms with van der Waals surface area (Å²) in [7, 11) is -2.99. The minimum atomic E-state index is -2.99. The van der Waals surface area contributed by atoms with Crippen LogP contribution >= 0.6 is 0 Å². The first-order chi connectivity index (χ1) is 8.19. The highest BCUT2D eigenvalue weighted by molar-refractivity contribution is 7.90. The Kier molecular flexibility index (Phi) is 3.30. The molecular weight excluding hydrogens is 244 g/mol. The van der Waals surface area contributed by atoms with E-state index in [2.05, 4.69) is 32.9 Å². The Morgan fingerprint density at radius 2 is 1.89 bits per heavy atom. The molecule has 1 atom stereocenters. The zero-order chi connectivity index (χ0) is 13.6. The number of hydrogen-bond acceptors (Lipinski definition) is 2. The third-order valence-electron chi connectivity index (χ3n) is 3.79. The van der Waals surface area contributed by atoms with Crippen molar-refractivity contribution in [2.45, 2.75) is 50.7 Å². The quantitative estimate of drug-likeness (QED) is 0.780. The van der Waals surface area contributed by atoms with Crippen molar-refractivity contribution in [2.24, 2.45) is 0 Å². The predicted molar refractivity (Wildman–Crippen MR) is 75.7 cm³/mol. The second-order valence-electron chi connectivity index (χ2n) is 6.37. The van der Waals surface area contributed by atoms with Gasteiger partial charge in [0.25, 0.3) is 0 Å². The van der Waals surface area contributed by atoms with Crippen molar-refractivity contribution >= 4 is 9.84 Å². The molecule has 0 saturated heterocycles. The first-order valence-electron chi connectivity index (χ1n) is 6.52. The van der Waals surface area contributed by atoms with E-state index in [1.165, 1.54) is 17.4 Å². The second-order valence-corrected chi connectivity index (χ2v) is 8.60. The van der Waals surface area contributed by atoms with Crippen LogP contribution in [0.5, 0.6) is 0 Å². The van der Waals surface area contributed by atoms with Crippen LogP contribution in [0.15, 0.2) is 18.2 Å². The highest BCUT2D eigenvalue weighted by Gasteiger charge is 2.29. The van der Waals surface area contributed by atoms with Gasteiger partial charge in [-0.25, -0.2) is 8.42 Å². The summed E-state index contributed by atoms with van der Waals surface area (Å²) >= 11 is 0. The van der Waals surface area contributed by atoms with Crippen LogP contribution in [0.25, 0.3) is 0 Å². The molecule has 0 N–H and O–H groups in total. The molecular formula is C15H22O2S. The van der Waals surface area contributed by atoms with Gasteiger partial charge in [-0.3, -0.25) is 0 Å². The summed E-state index contributed by atoms with van der Waals surface area (Å²) in [6, 6.07) is 6.32. The summed E-state index contributed by atoms with van der Waals surface area (Å²) < 4.78 is 23.7. The Bertz CT molecular complexity index is 550. The molecule has 0 heterocycles. The molecule has 1 aromatic rings. The van der Waals surface area contributed by atoms with Gasteiger partial charge in [-0.15, -0.1) is 0 Å². The van der Waals surface area contributed by atoms with E-state index >= 15 is 0 Å². The molecule has 0 amide bonds. The molecule has 0 radical (unpaired) electrons. The lowest BCUT2D eigenvalue weighted by molar-refractivity contribution is 0.562. The van der Waals surface area contributed by atoms with E-state index in [4.69, 9.17) is 0 Å². The minimum Gasteiger partial charge on any atom is -0.228 e. The van der Waals surface area contributed by atoms with Crippen LogP contribution in [0.1, 0.15) is 55.6 Å². The standard InChI is InChI=1S/C15H22O2S/c1-15(2,3)12-8-9-13-11(10-12)6-5-7-14(13)18(4,16)17/h8-10,14H,5-7H2,1-4H3. The molecule has 0 bridgehead atoms. The number of benzene rings is 1. The van der Waals surface area contributed by atoms with Gasteiger partial charge >= 0.3 is 0 Å². The summed E-state index contributed by atoms with van der Waals surface area (Å²) in [5.41, 5.74) is 3.66. The third-order valence-corrected chi connectivity index (χ3v) is 5.31. The van der Waals surface area contributed by atoms with Crippen LogP contribution in [0.3, 0.4) is 0 Å². The number of fused-ring (bicyclic) bond motifs is 1. The summed E-state index contributed by atoms with van der Waals surface area (Å²) in [5.74, 6) is 0. The van der Waals surface area contributed by atoms with Gasteiger partial charge in [0, 0.05) is 6.26 Å². The van der Waals surface area contributed by atoms with E-state index in [9.17, 15) is 8.42 Å². The Hall–Kier alpha value is -0.830. The zero-order valence-electron chi connectivity index (χ0n) is 11.7. The van der Waals surface area contributed by atoms with Crippen LogP contribution < -0.4 is 0 Å². The molecule has 1 aromatic carbocycles. The summed E-state index contributed by atoms with van der Waals surface area (Å²) in [4.78, 5) is 0. The van der Waals surface area contributed by atoms with Crippen molar-refractivity contribution in [3.8, 4) is 0 Å². The van der Waals surface area contributed by atoms with Gasteiger partial charge in [0.05, 0.1) is 5.25 Å². The topological polar surface area (TPSA) is 34.1 Å². The summed E-state index contributed by atoms with van der Waals surface area (Å²) in [6.07, 6.45) is 4.09. The van der Waals surface area contributed by atoms with Crippen LogP contribution in [-0.2, 0) is 21.7 Å². The van der Waals surface area contributed by atoms with Crippen LogP contribution in [-0.4, -0.2) is 14.7 Å². The van der Waals surface area contributed by atoms with E-state index in [0.717, 1.165) is 24.8 Å². The molecule has 1 unspecified atom stereocenters. The molecule has 0 fully saturated rings. The molecule has 0 aromatic heterocycles. The number of hydrogen-bond donors (Lipinski definition) is 0. The minimum absolute atomic E-state index is 0.118. The Balaban J connectivity index is 2.50. The highest BCUT2D eigenvalue weighted by Crippen LogP contribution is 2.37. The first-order valence-corrected chi connectivity index (χ1v) is 8.47. The zero-order valence-corrected chi connectivity index (χ0v) is 12.5. The SMILES string of the molecule is CC(C)(C)c1ccc2c(c1)CCCC2S(C)(=O)=O. The monoisotopic (exact) mass is 266 g/mol. The fraction of sp³-hybridized carbons (Fsp3) is 0.600. The Morgan fingerprint density at radius 1 is 1.22 bits per heavy atom. The molecule has 100 valence electrons. The lowest BCUT2D eigenvalue weighted by atomic mass is 9.82. The van der Waals surface area contributed by atoms with Crippen LogP contribution in [0, 0.1) is 0 Å². The molecule has 1 aliphatic rings. The molecule has 0 aliphatic heterocycles. The normalized spacial score (nSPS) is 20.6. The summed E-state index contributed by atoms with van der Waals surface area (Å²) in [6.45, 7) is 6.56. The Labute approximate surface area is 110 Å². The first kappa shape index (κ1) is 13.6. The van der Waals surface area contributed by atoms with E-state index < -0.39 is 9.84 Å². The van der Waals surface area contributed by atoms with Crippen molar-refractivity contribution in [3.63, 3.8) is 0 Å². The number of aryl methyl sites for hydroxylation is 1. The molecule has 2 rings (SSSR count). The van der Waals surface area contributed by atoms with Gasteiger partial charge in [0.15, 0.2) is 9.84 Å². The van der Waals surface area contributed by atoms with Crippen molar-refractivity contribution in [3.05, 3.63) is 34.9 Å². The van der Waals surface area contributed by atoms with E-state index in [-0.39, 0.29) is 10.7 Å². The van der Waals surface area contributed by atoms with Crippen molar-refractivity contribution in [1.82, 2.24) is 0 Å². The van der Waals surface area contributed by atoms with Gasteiger partial charge < -0.3 is 0 Å². The molecule has 3 heteroatoms. The number of rotatable bonds is 1.